The van der Waals surface area contributed by atoms with Gasteiger partial charge in [0.15, 0.2) is 0 Å². The number of carbonyl (C=O) groups is 3. The topological polar surface area (TPSA) is 86.7 Å². The van der Waals surface area contributed by atoms with Crippen LogP contribution in [-0.2, 0) is 14.4 Å². The molecule has 118 valence electrons. The second-order valence-corrected chi connectivity index (χ2v) is 6.10. The van der Waals surface area contributed by atoms with Crippen LogP contribution in [-0.4, -0.2) is 46.0 Å². The summed E-state index contributed by atoms with van der Waals surface area (Å²) in [4.78, 5) is 36.2. The molecule has 1 saturated heterocycles. The number of thioether (sulfide) groups is 1. The monoisotopic (exact) mass is 322 g/mol. The maximum atomic E-state index is 12.1. The Morgan fingerprint density at radius 2 is 2.14 bits per heavy atom. The van der Waals surface area contributed by atoms with Gasteiger partial charge in [-0.1, -0.05) is 24.3 Å². The normalized spacial score (nSPS) is 15.7. The number of hydrogen-bond donors (Lipinski definition) is 2. The highest BCUT2D eigenvalue weighted by Crippen LogP contribution is 2.21. The highest BCUT2D eigenvalue weighted by atomic mass is 32.2. The minimum absolute atomic E-state index is 0.0339. The van der Waals surface area contributed by atoms with Crippen LogP contribution in [0, 0.1) is 6.92 Å². The van der Waals surface area contributed by atoms with Crippen molar-refractivity contribution in [2.45, 2.75) is 19.4 Å². The molecule has 1 heterocycles. The Labute approximate surface area is 132 Å². The van der Waals surface area contributed by atoms with Crippen molar-refractivity contribution in [2.24, 2.45) is 0 Å². The number of benzene rings is 1. The van der Waals surface area contributed by atoms with Gasteiger partial charge in [-0.2, -0.15) is 0 Å². The van der Waals surface area contributed by atoms with Crippen molar-refractivity contribution in [1.29, 1.82) is 0 Å². The van der Waals surface area contributed by atoms with Crippen LogP contribution >= 0.6 is 11.8 Å². The van der Waals surface area contributed by atoms with E-state index < -0.39 is 12.0 Å². The zero-order valence-corrected chi connectivity index (χ0v) is 13.1. The van der Waals surface area contributed by atoms with Crippen LogP contribution in [0.5, 0.6) is 0 Å². The second-order valence-electron chi connectivity index (χ2n) is 5.14. The lowest BCUT2D eigenvalue weighted by Gasteiger charge is -2.21. The molecule has 0 aromatic heterocycles. The zero-order valence-electron chi connectivity index (χ0n) is 12.2. The van der Waals surface area contributed by atoms with Crippen molar-refractivity contribution < 1.29 is 19.5 Å². The van der Waals surface area contributed by atoms with E-state index in [4.69, 9.17) is 5.11 Å². The number of hydrogen-bond acceptors (Lipinski definition) is 4. The van der Waals surface area contributed by atoms with E-state index in [-0.39, 0.29) is 24.8 Å². The van der Waals surface area contributed by atoms with E-state index >= 15 is 0 Å². The smallest absolute Gasteiger partial charge is 0.305 e. The van der Waals surface area contributed by atoms with E-state index in [0.717, 1.165) is 11.1 Å². The molecular formula is C15H18N2O4S. The first-order valence-corrected chi connectivity index (χ1v) is 8.05. The van der Waals surface area contributed by atoms with Crippen molar-refractivity contribution in [3.05, 3.63) is 35.4 Å². The van der Waals surface area contributed by atoms with Crippen LogP contribution in [0.1, 0.15) is 23.6 Å². The summed E-state index contributed by atoms with van der Waals surface area (Å²) in [5, 5.41) is 11.8. The number of nitrogens with one attached hydrogen (secondary N) is 1. The highest BCUT2D eigenvalue weighted by molar-refractivity contribution is 8.00. The molecule has 6 nitrogen and oxygen atoms in total. The maximum Gasteiger partial charge on any atom is 0.305 e. The van der Waals surface area contributed by atoms with Crippen molar-refractivity contribution >= 4 is 29.5 Å². The van der Waals surface area contributed by atoms with Gasteiger partial charge < -0.3 is 15.3 Å². The van der Waals surface area contributed by atoms with E-state index in [1.807, 2.05) is 25.1 Å². The van der Waals surface area contributed by atoms with Gasteiger partial charge in [-0.15, -0.1) is 11.8 Å². The lowest BCUT2D eigenvalue weighted by molar-refractivity contribution is -0.138. The maximum absolute atomic E-state index is 12.1. The van der Waals surface area contributed by atoms with Gasteiger partial charge >= 0.3 is 5.97 Å². The predicted molar refractivity (Wildman–Crippen MR) is 83.4 cm³/mol. The Hall–Kier alpha value is -2.02. The number of rotatable bonds is 6. The molecule has 1 aromatic carbocycles. The number of carboxylic acids is 1. The average molecular weight is 322 g/mol. The average Bonchev–Trinajstić information content (AvgIpc) is 2.83. The lowest BCUT2D eigenvalue weighted by Crippen LogP contribution is -2.40. The van der Waals surface area contributed by atoms with Crippen LogP contribution < -0.4 is 5.32 Å². The Morgan fingerprint density at radius 1 is 1.41 bits per heavy atom. The van der Waals surface area contributed by atoms with Crippen LogP contribution in [0.2, 0.25) is 0 Å². The Kier molecular flexibility index (Phi) is 5.43. The molecule has 1 fully saturated rings. The molecule has 1 aromatic rings. The third-order valence-electron chi connectivity index (χ3n) is 3.44. The summed E-state index contributed by atoms with van der Waals surface area (Å²) in [7, 11) is 0. The molecule has 2 amide bonds. The van der Waals surface area contributed by atoms with Gasteiger partial charge in [0.1, 0.15) is 6.54 Å². The minimum Gasteiger partial charge on any atom is -0.481 e. The summed E-state index contributed by atoms with van der Waals surface area (Å²) < 4.78 is 0. The fourth-order valence-electron chi connectivity index (χ4n) is 2.34. The molecule has 2 rings (SSSR count). The summed E-state index contributed by atoms with van der Waals surface area (Å²) in [5.41, 5.74) is 1.70. The van der Waals surface area contributed by atoms with E-state index in [1.165, 1.54) is 16.7 Å². The molecule has 0 aliphatic carbocycles. The van der Waals surface area contributed by atoms with Gasteiger partial charge in [-0.25, -0.2) is 0 Å². The van der Waals surface area contributed by atoms with Gasteiger partial charge in [0.25, 0.3) is 0 Å². The number of carboxylic acid groups (broad SMARTS) is 1. The summed E-state index contributed by atoms with van der Waals surface area (Å²) in [5.74, 6) is -0.498. The van der Waals surface area contributed by atoms with Gasteiger partial charge in [0.2, 0.25) is 11.8 Å². The number of aliphatic carboxylic acids is 1. The third kappa shape index (κ3) is 4.24. The number of amides is 2. The van der Waals surface area contributed by atoms with Crippen LogP contribution in [0.25, 0.3) is 0 Å². The summed E-state index contributed by atoms with van der Waals surface area (Å²) in [6.07, 6.45) is -0.195. The first-order valence-electron chi connectivity index (χ1n) is 6.89. The van der Waals surface area contributed by atoms with Crippen LogP contribution in [0.3, 0.4) is 0 Å². The molecule has 0 radical (unpaired) electrons. The molecule has 22 heavy (non-hydrogen) atoms. The Bertz CT molecular complexity index is 591. The molecule has 1 atom stereocenters. The Balaban J connectivity index is 2.06. The highest BCUT2D eigenvalue weighted by Gasteiger charge is 2.25. The van der Waals surface area contributed by atoms with Crippen LogP contribution in [0.15, 0.2) is 24.3 Å². The van der Waals surface area contributed by atoms with E-state index in [1.54, 1.807) is 6.07 Å². The summed E-state index contributed by atoms with van der Waals surface area (Å²) in [6, 6.07) is 6.75. The molecule has 1 aliphatic heterocycles. The van der Waals surface area contributed by atoms with Crippen LogP contribution in [0.4, 0.5) is 0 Å². The summed E-state index contributed by atoms with van der Waals surface area (Å²) >= 11 is 1.46. The molecule has 0 bridgehead atoms. The van der Waals surface area contributed by atoms with Gasteiger partial charge in [-0.05, 0) is 18.1 Å². The summed E-state index contributed by atoms with van der Waals surface area (Å²) in [6.45, 7) is 1.84. The van der Waals surface area contributed by atoms with Gasteiger partial charge in [-0.3, -0.25) is 14.4 Å². The fourth-order valence-corrected chi connectivity index (χ4v) is 3.25. The zero-order chi connectivity index (χ0) is 16.1. The quantitative estimate of drug-likeness (QED) is 0.821. The molecule has 7 heteroatoms. The second kappa shape index (κ2) is 7.31. The number of aryl methyl sites for hydroxylation is 1. The third-order valence-corrected chi connectivity index (χ3v) is 4.38. The van der Waals surface area contributed by atoms with Crippen molar-refractivity contribution in [3.8, 4) is 0 Å². The minimum atomic E-state index is -0.985. The number of nitrogens with zero attached hydrogens (tertiary/aromatic N) is 1. The molecular weight excluding hydrogens is 304 g/mol. The molecule has 0 spiro atoms. The lowest BCUT2D eigenvalue weighted by atomic mass is 9.99. The largest absolute Gasteiger partial charge is 0.481 e. The standard InChI is InChI=1S/C15H18N2O4S/c1-10-4-2-3-5-11(10)12(6-15(20)21)16-13(18)7-17-9-22-8-14(17)19/h2-5,12H,6-9H2,1H3,(H,16,18)(H,20,21). The predicted octanol–water partition coefficient (Wildman–Crippen LogP) is 1.16. The number of carbonyl (C=O) groups excluding carboxylic acids is 2. The molecule has 1 unspecified atom stereocenters. The first kappa shape index (κ1) is 16.4. The van der Waals surface area contributed by atoms with Crippen molar-refractivity contribution in [1.82, 2.24) is 10.2 Å². The van der Waals surface area contributed by atoms with E-state index in [9.17, 15) is 14.4 Å². The van der Waals surface area contributed by atoms with Crippen molar-refractivity contribution in [2.75, 3.05) is 18.2 Å². The molecule has 2 N–H and O–H groups in total. The first-order chi connectivity index (χ1) is 10.5. The SMILES string of the molecule is Cc1ccccc1C(CC(=O)O)NC(=O)CN1CSCC1=O. The molecule has 1 aliphatic rings. The van der Waals surface area contributed by atoms with E-state index in [2.05, 4.69) is 5.32 Å². The van der Waals surface area contributed by atoms with E-state index in [0.29, 0.717) is 11.6 Å². The fraction of sp³-hybridized carbons (Fsp3) is 0.400. The van der Waals surface area contributed by atoms with Gasteiger partial charge in [0, 0.05) is 0 Å². The van der Waals surface area contributed by atoms with Gasteiger partial charge in [0.05, 0.1) is 24.1 Å². The van der Waals surface area contributed by atoms with Crippen molar-refractivity contribution in [3.63, 3.8) is 0 Å². The molecule has 0 saturated carbocycles. The Morgan fingerprint density at radius 3 is 2.73 bits per heavy atom.